The van der Waals surface area contributed by atoms with E-state index in [2.05, 4.69) is 0 Å². The summed E-state index contributed by atoms with van der Waals surface area (Å²) in [4.78, 5) is 9.62. The fraction of sp³-hybridized carbons (Fsp3) is 0.143. The van der Waals surface area contributed by atoms with Gasteiger partial charge in [-0.05, 0) is 30.7 Å². The smallest absolute Gasteiger partial charge is 0.305 e. The standard InChI is InChI=1S/C14H11F2NO4/c1-8(18)9-2-5-14(12(16)6-9)21-10-3-4-13(17(19)20)11(15)7-10/h2-8,18H,1H3. The number of rotatable bonds is 4. The molecule has 5 nitrogen and oxygen atoms in total. The molecule has 1 atom stereocenters. The summed E-state index contributed by atoms with van der Waals surface area (Å²) >= 11 is 0. The van der Waals surface area contributed by atoms with Crippen molar-refractivity contribution in [2.45, 2.75) is 13.0 Å². The molecule has 0 spiro atoms. The van der Waals surface area contributed by atoms with Crippen molar-refractivity contribution in [2.24, 2.45) is 0 Å². The molecule has 0 aromatic heterocycles. The van der Waals surface area contributed by atoms with E-state index in [0.717, 1.165) is 18.2 Å². The van der Waals surface area contributed by atoms with Gasteiger partial charge in [-0.3, -0.25) is 10.1 Å². The van der Waals surface area contributed by atoms with Gasteiger partial charge >= 0.3 is 5.69 Å². The molecule has 0 aliphatic rings. The van der Waals surface area contributed by atoms with E-state index >= 15 is 0 Å². The first-order chi connectivity index (χ1) is 9.88. The van der Waals surface area contributed by atoms with Crippen molar-refractivity contribution < 1.29 is 23.5 Å². The third-order valence-electron chi connectivity index (χ3n) is 2.78. The van der Waals surface area contributed by atoms with Crippen molar-refractivity contribution in [1.82, 2.24) is 0 Å². The molecule has 110 valence electrons. The first-order valence-electron chi connectivity index (χ1n) is 5.98. The Hall–Kier alpha value is -2.54. The van der Waals surface area contributed by atoms with Crippen molar-refractivity contribution in [3.63, 3.8) is 0 Å². The molecular formula is C14H11F2NO4. The van der Waals surface area contributed by atoms with Gasteiger partial charge in [-0.1, -0.05) is 6.07 Å². The Morgan fingerprint density at radius 1 is 1.19 bits per heavy atom. The van der Waals surface area contributed by atoms with E-state index in [1.165, 1.54) is 25.1 Å². The molecule has 0 fully saturated rings. The summed E-state index contributed by atoms with van der Waals surface area (Å²) in [7, 11) is 0. The van der Waals surface area contributed by atoms with Crippen LogP contribution in [0.15, 0.2) is 36.4 Å². The summed E-state index contributed by atoms with van der Waals surface area (Å²) in [5.41, 5.74) is -0.318. The van der Waals surface area contributed by atoms with Gasteiger partial charge in [0.25, 0.3) is 0 Å². The number of halogens is 2. The van der Waals surface area contributed by atoms with Crippen LogP contribution in [-0.2, 0) is 0 Å². The van der Waals surface area contributed by atoms with Crippen molar-refractivity contribution in [3.05, 3.63) is 63.7 Å². The lowest BCUT2D eigenvalue weighted by Gasteiger charge is -2.09. The Kier molecular flexibility index (Phi) is 4.13. The third kappa shape index (κ3) is 3.32. The highest BCUT2D eigenvalue weighted by Crippen LogP contribution is 2.29. The normalized spacial score (nSPS) is 12.0. The van der Waals surface area contributed by atoms with Gasteiger partial charge in [-0.25, -0.2) is 4.39 Å². The lowest BCUT2D eigenvalue weighted by molar-refractivity contribution is -0.387. The minimum absolute atomic E-state index is 0.0678. The quantitative estimate of drug-likeness (QED) is 0.689. The summed E-state index contributed by atoms with van der Waals surface area (Å²) in [6.07, 6.45) is -0.828. The average Bonchev–Trinajstić information content (AvgIpc) is 2.40. The van der Waals surface area contributed by atoms with Gasteiger partial charge < -0.3 is 9.84 Å². The van der Waals surface area contributed by atoms with Gasteiger partial charge in [-0.15, -0.1) is 0 Å². The number of aliphatic hydroxyl groups is 1. The van der Waals surface area contributed by atoms with E-state index in [9.17, 15) is 24.0 Å². The molecule has 2 rings (SSSR count). The van der Waals surface area contributed by atoms with Crippen molar-refractivity contribution in [1.29, 1.82) is 0 Å². The van der Waals surface area contributed by atoms with Crippen molar-refractivity contribution in [3.8, 4) is 11.5 Å². The van der Waals surface area contributed by atoms with Crippen LogP contribution in [0.1, 0.15) is 18.6 Å². The molecule has 1 unspecified atom stereocenters. The van der Waals surface area contributed by atoms with Crippen LogP contribution in [0.25, 0.3) is 0 Å². The highest BCUT2D eigenvalue weighted by molar-refractivity contribution is 5.41. The summed E-state index contributed by atoms with van der Waals surface area (Å²) in [5.74, 6) is -2.04. The first-order valence-corrected chi connectivity index (χ1v) is 5.98. The van der Waals surface area contributed by atoms with Crippen LogP contribution in [0.3, 0.4) is 0 Å². The number of nitrogens with zero attached hydrogens (tertiary/aromatic N) is 1. The highest BCUT2D eigenvalue weighted by atomic mass is 19.1. The van der Waals surface area contributed by atoms with E-state index in [1.54, 1.807) is 0 Å². The predicted molar refractivity (Wildman–Crippen MR) is 70.2 cm³/mol. The molecule has 7 heteroatoms. The van der Waals surface area contributed by atoms with Crippen molar-refractivity contribution >= 4 is 5.69 Å². The first kappa shape index (κ1) is 14.9. The van der Waals surface area contributed by atoms with E-state index in [4.69, 9.17) is 4.74 Å². The molecule has 2 aromatic rings. The second-order valence-corrected chi connectivity index (χ2v) is 4.34. The number of aliphatic hydroxyl groups excluding tert-OH is 1. The Bertz CT molecular complexity index is 689. The minimum atomic E-state index is -1.07. The number of nitro benzene ring substituents is 1. The molecule has 0 aliphatic carbocycles. The summed E-state index contributed by atoms with van der Waals surface area (Å²) in [5, 5.41) is 19.8. The van der Waals surface area contributed by atoms with Crippen LogP contribution in [0.4, 0.5) is 14.5 Å². The van der Waals surface area contributed by atoms with E-state index in [-0.39, 0.29) is 11.5 Å². The summed E-state index contributed by atoms with van der Waals surface area (Å²) in [6.45, 7) is 1.49. The number of hydrogen-bond acceptors (Lipinski definition) is 4. The maximum atomic E-state index is 13.8. The molecule has 0 radical (unpaired) electrons. The molecule has 0 amide bonds. The molecule has 0 saturated heterocycles. The summed E-state index contributed by atoms with van der Waals surface area (Å²) < 4.78 is 32.3. The van der Waals surface area contributed by atoms with Crippen LogP contribution in [0.5, 0.6) is 11.5 Å². The molecule has 1 N–H and O–H groups in total. The number of benzene rings is 2. The van der Waals surface area contributed by atoms with Gasteiger partial charge in [0.05, 0.1) is 11.0 Å². The molecular weight excluding hydrogens is 284 g/mol. The van der Waals surface area contributed by atoms with Crippen molar-refractivity contribution in [2.75, 3.05) is 0 Å². The molecule has 21 heavy (non-hydrogen) atoms. The zero-order valence-electron chi connectivity index (χ0n) is 10.9. The predicted octanol–water partition coefficient (Wildman–Crippen LogP) is 3.72. The molecule has 2 aromatic carbocycles. The van der Waals surface area contributed by atoms with E-state index in [1.807, 2.05) is 0 Å². The number of hydrogen-bond donors (Lipinski definition) is 1. The van der Waals surface area contributed by atoms with Gasteiger partial charge in [-0.2, -0.15) is 4.39 Å². The Morgan fingerprint density at radius 2 is 1.90 bits per heavy atom. The van der Waals surface area contributed by atoms with E-state index in [0.29, 0.717) is 5.56 Å². The van der Waals surface area contributed by atoms with Gasteiger partial charge in [0.15, 0.2) is 11.6 Å². The van der Waals surface area contributed by atoms with E-state index < -0.39 is 28.3 Å². The maximum absolute atomic E-state index is 13.8. The number of ether oxygens (including phenoxy) is 1. The highest BCUT2D eigenvalue weighted by Gasteiger charge is 2.15. The zero-order valence-corrected chi connectivity index (χ0v) is 10.9. The Morgan fingerprint density at radius 3 is 2.43 bits per heavy atom. The second-order valence-electron chi connectivity index (χ2n) is 4.34. The lowest BCUT2D eigenvalue weighted by Crippen LogP contribution is -1.96. The molecule has 0 aliphatic heterocycles. The monoisotopic (exact) mass is 295 g/mol. The fourth-order valence-corrected chi connectivity index (χ4v) is 1.69. The zero-order chi connectivity index (χ0) is 15.6. The maximum Gasteiger partial charge on any atom is 0.305 e. The van der Waals surface area contributed by atoms with Gasteiger partial charge in [0.1, 0.15) is 5.75 Å². The molecule has 0 bridgehead atoms. The average molecular weight is 295 g/mol. The topological polar surface area (TPSA) is 72.6 Å². The lowest BCUT2D eigenvalue weighted by atomic mass is 10.1. The summed E-state index contributed by atoms with van der Waals surface area (Å²) in [6, 6.07) is 6.76. The Balaban J connectivity index is 2.26. The van der Waals surface area contributed by atoms with Crippen LogP contribution >= 0.6 is 0 Å². The molecule has 0 heterocycles. The van der Waals surface area contributed by atoms with Crippen LogP contribution in [0, 0.1) is 21.7 Å². The third-order valence-corrected chi connectivity index (χ3v) is 2.78. The van der Waals surface area contributed by atoms with Gasteiger partial charge in [0.2, 0.25) is 5.82 Å². The largest absolute Gasteiger partial charge is 0.454 e. The minimum Gasteiger partial charge on any atom is -0.454 e. The number of nitro groups is 1. The van der Waals surface area contributed by atoms with Crippen LogP contribution in [-0.4, -0.2) is 10.0 Å². The second kappa shape index (κ2) is 5.84. The Labute approximate surface area is 118 Å². The van der Waals surface area contributed by atoms with Gasteiger partial charge in [0, 0.05) is 12.1 Å². The molecule has 0 saturated carbocycles. The SMILES string of the molecule is CC(O)c1ccc(Oc2ccc([N+](=O)[O-])c(F)c2)c(F)c1. The van der Waals surface area contributed by atoms with Crippen LogP contribution in [0.2, 0.25) is 0 Å². The van der Waals surface area contributed by atoms with Crippen LogP contribution < -0.4 is 4.74 Å². The fourth-order valence-electron chi connectivity index (χ4n) is 1.69.